The van der Waals surface area contributed by atoms with Crippen LogP contribution < -0.4 is 0 Å². The number of aromatic nitrogens is 2. The fourth-order valence-corrected chi connectivity index (χ4v) is 2.66. The van der Waals surface area contributed by atoms with E-state index < -0.39 is 16.6 Å². The minimum atomic E-state index is -1.34. The van der Waals surface area contributed by atoms with Gasteiger partial charge in [0.15, 0.2) is 5.16 Å². The maximum absolute atomic E-state index is 11.1. The first-order chi connectivity index (χ1) is 9.86. The van der Waals surface area contributed by atoms with Crippen LogP contribution in [0.1, 0.15) is 21.7 Å². The van der Waals surface area contributed by atoms with Gasteiger partial charge in [-0.3, -0.25) is 10.1 Å². The lowest BCUT2D eigenvalue weighted by atomic mass is 10.2. The van der Waals surface area contributed by atoms with Gasteiger partial charge in [0.2, 0.25) is 0 Å². The van der Waals surface area contributed by atoms with E-state index in [1.807, 2.05) is 19.9 Å². The molecule has 0 aliphatic heterocycles. The summed E-state index contributed by atoms with van der Waals surface area (Å²) >= 11 is 1.16. The molecule has 0 atom stereocenters. The molecule has 0 unspecified atom stereocenters. The first-order valence-corrected chi connectivity index (χ1v) is 6.70. The molecule has 2 aromatic rings. The van der Waals surface area contributed by atoms with Gasteiger partial charge in [0, 0.05) is 22.3 Å². The summed E-state index contributed by atoms with van der Waals surface area (Å²) in [5, 5.41) is 20.3. The molecule has 0 saturated heterocycles. The Kier molecular flexibility index (Phi) is 4.18. The zero-order valence-corrected chi connectivity index (χ0v) is 12.0. The van der Waals surface area contributed by atoms with Gasteiger partial charge in [0.25, 0.3) is 5.69 Å². The van der Waals surface area contributed by atoms with Crippen LogP contribution in [0.3, 0.4) is 0 Å². The Hall–Kier alpha value is -2.48. The minimum Gasteiger partial charge on any atom is -0.477 e. The van der Waals surface area contributed by atoms with Crippen LogP contribution in [0.15, 0.2) is 34.3 Å². The third kappa shape index (κ3) is 3.54. The van der Waals surface area contributed by atoms with Crippen LogP contribution >= 0.6 is 11.8 Å². The molecular weight excluding hydrogens is 294 g/mol. The summed E-state index contributed by atoms with van der Waals surface area (Å²) in [5.41, 5.74) is 0.804. The zero-order chi connectivity index (χ0) is 15.6. The first-order valence-electron chi connectivity index (χ1n) is 5.88. The van der Waals surface area contributed by atoms with E-state index in [0.29, 0.717) is 10.1 Å². The highest BCUT2D eigenvalue weighted by Gasteiger charge is 2.20. The summed E-state index contributed by atoms with van der Waals surface area (Å²) in [6.45, 7) is 3.66. The van der Waals surface area contributed by atoms with Crippen molar-refractivity contribution in [2.24, 2.45) is 0 Å². The third-order valence-corrected chi connectivity index (χ3v) is 3.42. The molecule has 0 spiro atoms. The highest BCUT2D eigenvalue weighted by atomic mass is 32.2. The molecule has 0 saturated carbocycles. The second-order valence-electron chi connectivity index (χ2n) is 4.28. The van der Waals surface area contributed by atoms with Gasteiger partial charge in [-0.25, -0.2) is 14.8 Å². The number of carbonyl (C=O) groups is 1. The van der Waals surface area contributed by atoms with E-state index >= 15 is 0 Å². The number of nitro groups is 1. The van der Waals surface area contributed by atoms with Crippen molar-refractivity contribution in [1.29, 1.82) is 0 Å². The SMILES string of the molecule is Cc1cc(C)nc(Sc2ccc([N+](=O)[O-])c(C(=O)O)c2)n1. The Morgan fingerprint density at radius 2 is 1.86 bits per heavy atom. The van der Waals surface area contributed by atoms with Gasteiger partial charge in [-0.05, 0) is 43.8 Å². The van der Waals surface area contributed by atoms with Crippen molar-refractivity contribution >= 4 is 23.4 Å². The lowest BCUT2D eigenvalue weighted by Crippen LogP contribution is -2.02. The van der Waals surface area contributed by atoms with Crippen molar-refractivity contribution in [1.82, 2.24) is 9.97 Å². The van der Waals surface area contributed by atoms with E-state index in [4.69, 9.17) is 5.11 Å². The van der Waals surface area contributed by atoms with E-state index in [-0.39, 0.29) is 5.56 Å². The molecule has 1 heterocycles. The molecule has 1 aromatic carbocycles. The van der Waals surface area contributed by atoms with Crippen molar-refractivity contribution in [2.75, 3.05) is 0 Å². The van der Waals surface area contributed by atoms with E-state index in [0.717, 1.165) is 23.1 Å². The number of hydrogen-bond donors (Lipinski definition) is 1. The van der Waals surface area contributed by atoms with Gasteiger partial charge >= 0.3 is 5.97 Å². The molecule has 1 aromatic heterocycles. The summed E-state index contributed by atoms with van der Waals surface area (Å²) in [7, 11) is 0. The highest BCUT2D eigenvalue weighted by molar-refractivity contribution is 7.99. The second kappa shape index (κ2) is 5.88. The number of aryl methyl sites for hydroxylation is 2. The van der Waals surface area contributed by atoms with Crippen molar-refractivity contribution in [2.45, 2.75) is 23.9 Å². The molecule has 0 aliphatic rings. The number of benzene rings is 1. The average molecular weight is 305 g/mol. The molecule has 108 valence electrons. The Morgan fingerprint density at radius 3 is 2.38 bits per heavy atom. The summed E-state index contributed by atoms with van der Waals surface area (Å²) in [4.78, 5) is 30.2. The normalized spacial score (nSPS) is 10.4. The molecule has 0 aliphatic carbocycles. The van der Waals surface area contributed by atoms with Crippen LogP contribution in [-0.4, -0.2) is 26.0 Å². The second-order valence-corrected chi connectivity index (χ2v) is 5.32. The molecule has 1 N–H and O–H groups in total. The van der Waals surface area contributed by atoms with Crippen molar-refractivity contribution in [3.8, 4) is 0 Å². The molecule has 0 amide bonds. The van der Waals surface area contributed by atoms with Gasteiger partial charge in [-0.2, -0.15) is 0 Å². The zero-order valence-electron chi connectivity index (χ0n) is 11.2. The molecule has 0 radical (unpaired) electrons. The fraction of sp³-hybridized carbons (Fsp3) is 0.154. The largest absolute Gasteiger partial charge is 0.477 e. The van der Waals surface area contributed by atoms with E-state index in [2.05, 4.69) is 9.97 Å². The number of carboxylic acid groups (broad SMARTS) is 1. The number of nitrogens with zero attached hydrogens (tertiary/aromatic N) is 3. The van der Waals surface area contributed by atoms with Crippen molar-refractivity contribution in [3.63, 3.8) is 0 Å². The minimum absolute atomic E-state index is 0.352. The van der Waals surface area contributed by atoms with Gasteiger partial charge in [0.1, 0.15) is 5.56 Å². The van der Waals surface area contributed by atoms with Crippen LogP contribution in [0.2, 0.25) is 0 Å². The van der Waals surface area contributed by atoms with Gasteiger partial charge < -0.3 is 5.11 Å². The van der Waals surface area contributed by atoms with Crippen molar-refractivity contribution < 1.29 is 14.8 Å². The van der Waals surface area contributed by atoms with Crippen LogP contribution in [0.25, 0.3) is 0 Å². The van der Waals surface area contributed by atoms with Gasteiger partial charge in [-0.15, -0.1) is 0 Å². The molecule has 0 bridgehead atoms. The van der Waals surface area contributed by atoms with Gasteiger partial charge in [0.05, 0.1) is 4.92 Å². The predicted molar refractivity (Wildman–Crippen MR) is 75.7 cm³/mol. The summed E-state index contributed by atoms with van der Waals surface area (Å²) in [6.07, 6.45) is 0. The topological polar surface area (TPSA) is 106 Å². The fourth-order valence-electron chi connectivity index (χ4n) is 1.75. The van der Waals surface area contributed by atoms with Crippen LogP contribution in [0, 0.1) is 24.0 Å². The van der Waals surface area contributed by atoms with Crippen LogP contribution in [0.4, 0.5) is 5.69 Å². The standard InChI is InChI=1S/C13H11N3O4S/c1-7-5-8(2)15-13(14-7)21-9-3-4-11(16(19)20)10(6-9)12(17)18/h3-6H,1-2H3,(H,17,18). The Balaban J connectivity index is 2.39. The number of carboxylic acids is 1. The predicted octanol–water partition coefficient (Wildman–Crippen LogP) is 2.85. The number of aromatic carboxylic acids is 1. The molecule has 21 heavy (non-hydrogen) atoms. The van der Waals surface area contributed by atoms with Crippen molar-refractivity contribution in [3.05, 3.63) is 51.3 Å². The monoisotopic (exact) mass is 305 g/mol. The maximum atomic E-state index is 11.1. The number of rotatable bonds is 4. The highest BCUT2D eigenvalue weighted by Crippen LogP contribution is 2.29. The number of hydrogen-bond acceptors (Lipinski definition) is 6. The lowest BCUT2D eigenvalue weighted by Gasteiger charge is -2.04. The quantitative estimate of drug-likeness (QED) is 0.525. The summed E-state index contributed by atoms with van der Waals surface area (Å²) in [5.74, 6) is -1.34. The molecule has 0 fully saturated rings. The maximum Gasteiger partial charge on any atom is 0.342 e. The van der Waals surface area contributed by atoms with Crippen LogP contribution in [-0.2, 0) is 0 Å². The van der Waals surface area contributed by atoms with E-state index in [9.17, 15) is 14.9 Å². The molecular formula is C13H11N3O4S. The third-order valence-electron chi connectivity index (χ3n) is 2.57. The summed E-state index contributed by atoms with van der Waals surface area (Å²) < 4.78 is 0. The Bertz CT molecular complexity index is 713. The van der Waals surface area contributed by atoms with Gasteiger partial charge in [-0.1, -0.05) is 0 Å². The van der Waals surface area contributed by atoms with Crippen LogP contribution in [0.5, 0.6) is 0 Å². The average Bonchev–Trinajstić information content (AvgIpc) is 2.36. The Labute approximate surface area is 124 Å². The summed E-state index contributed by atoms with van der Waals surface area (Å²) in [6, 6.07) is 5.74. The lowest BCUT2D eigenvalue weighted by molar-refractivity contribution is -0.385. The smallest absolute Gasteiger partial charge is 0.342 e. The Morgan fingerprint density at radius 1 is 1.24 bits per heavy atom. The molecule has 8 heteroatoms. The first kappa shape index (κ1) is 14.9. The molecule has 7 nitrogen and oxygen atoms in total. The van der Waals surface area contributed by atoms with E-state index in [1.165, 1.54) is 18.2 Å². The number of nitro benzene ring substituents is 1. The molecule has 2 rings (SSSR count). The van der Waals surface area contributed by atoms with E-state index in [1.54, 1.807) is 0 Å².